The highest BCUT2D eigenvalue weighted by Crippen LogP contribution is 2.23. The van der Waals surface area contributed by atoms with Crippen LogP contribution in [0.4, 0.5) is 0 Å². The molecule has 2 nitrogen and oxygen atoms in total. The van der Waals surface area contributed by atoms with E-state index in [1.807, 2.05) is 0 Å². The Morgan fingerprint density at radius 2 is 0.750 bits per heavy atom. The maximum Gasteiger partial charge on any atom is 0.308 e. The van der Waals surface area contributed by atoms with Gasteiger partial charge in [0.2, 0.25) is 0 Å². The normalized spacial score (nSPS) is 13.0. The molecule has 0 spiro atoms. The summed E-state index contributed by atoms with van der Waals surface area (Å²) in [5.74, 6) is 0.790. The number of rotatable bonds is 33. The van der Waals surface area contributed by atoms with Gasteiger partial charge in [0.1, 0.15) is 0 Å². The monoisotopic (exact) mass is 565 g/mol. The van der Waals surface area contributed by atoms with Crippen LogP contribution >= 0.6 is 0 Å². The summed E-state index contributed by atoms with van der Waals surface area (Å²) >= 11 is 0. The average molecular weight is 565 g/mol. The topological polar surface area (TPSA) is 26.3 Å². The summed E-state index contributed by atoms with van der Waals surface area (Å²) < 4.78 is 5.93. The zero-order valence-electron chi connectivity index (χ0n) is 28.4. The van der Waals surface area contributed by atoms with Crippen molar-refractivity contribution in [2.75, 3.05) is 6.61 Å². The van der Waals surface area contributed by atoms with Crippen LogP contribution in [0.15, 0.2) is 0 Å². The third-order valence-corrected chi connectivity index (χ3v) is 9.15. The average Bonchev–Trinajstić information content (AvgIpc) is 2.97. The molecule has 0 aliphatic rings. The van der Waals surface area contributed by atoms with E-state index in [9.17, 15) is 4.79 Å². The molecule has 0 aromatic rings. The molecule has 2 unspecified atom stereocenters. The summed E-state index contributed by atoms with van der Waals surface area (Å²) in [4.78, 5) is 13.1. The summed E-state index contributed by atoms with van der Waals surface area (Å²) in [7, 11) is 0. The summed E-state index contributed by atoms with van der Waals surface area (Å²) in [6.07, 6.45) is 39.8. The molecule has 40 heavy (non-hydrogen) atoms. The Bertz CT molecular complexity index is 488. The minimum atomic E-state index is 0.112. The first-order valence-corrected chi connectivity index (χ1v) is 18.9. The van der Waals surface area contributed by atoms with Gasteiger partial charge in [-0.3, -0.25) is 4.79 Å². The fourth-order valence-corrected chi connectivity index (χ4v) is 6.06. The van der Waals surface area contributed by atoms with Gasteiger partial charge in [-0.15, -0.1) is 0 Å². The Balaban J connectivity index is 4.12. The van der Waals surface area contributed by atoms with Gasteiger partial charge >= 0.3 is 5.97 Å². The van der Waals surface area contributed by atoms with Crippen molar-refractivity contribution in [1.82, 2.24) is 0 Å². The summed E-state index contributed by atoms with van der Waals surface area (Å²) in [6, 6.07) is 0. The lowest BCUT2D eigenvalue weighted by Gasteiger charge is -2.19. The molecule has 0 heterocycles. The summed E-state index contributed by atoms with van der Waals surface area (Å²) in [5, 5.41) is 0. The molecule has 0 saturated heterocycles. The first kappa shape index (κ1) is 39.5. The smallest absolute Gasteiger partial charge is 0.308 e. The largest absolute Gasteiger partial charge is 0.465 e. The van der Waals surface area contributed by atoms with Gasteiger partial charge in [-0.25, -0.2) is 0 Å². The molecule has 0 N–H and O–H groups in total. The van der Waals surface area contributed by atoms with E-state index in [0.717, 1.165) is 19.3 Å². The van der Waals surface area contributed by atoms with Crippen molar-refractivity contribution in [1.29, 1.82) is 0 Å². The summed E-state index contributed by atoms with van der Waals surface area (Å²) in [5.41, 5.74) is 0. The second-order valence-electron chi connectivity index (χ2n) is 13.1. The molecule has 240 valence electrons. The number of ether oxygens (including phenoxy) is 1. The van der Waals surface area contributed by atoms with E-state index >= 15 is 0 Å². The van der Waals surface area contributed by atoms with Crippen LogP contribution in [0.25, 0.3) is 0 Å². The maximum atomic E-state index is 13.1. The van der Waals surface area contributed by atoms with Gasteiger partial charge < -0.3 is 4.74 Å². The molecule has 0 saturated carbocycles. The van der Waals surface area contributed by atoms with Gasteiger partial charge in [-0.05, 0) is 25.2 Å². The van der Waals surface area contributed by atoms with Crippen LogP contribution in [0.3, 0.4) is 0 Å². The number of hydrogen-bond donors (Lipinski definition) is 0. The van der Waals surface area contributed by atoms with E-state index in [-0.39, 0.29) is 11.9 Å². The molecule has 0 aliphatic carbocycles. The molecular weight excluding hydrogens is 488 g/mol. The number of carbonyl (C=O) groups excluding carboxylic acids is 1. The lowest BCUT2D eigenvalue weighted by atomic mass is 9.93. The Morgan fingerprint density at radius 3 is 1.07 bits per heavy atom. The van der Waals surface area contributed by atoms with E-state index in [1.54, 1.807) is 0 Å². The Kier molecular flexibility index (Phi) is 32.5. The van der Waals surface area contributed by atoms with Gasteiger partial charge in [0, 0.05) is 0 Å². The highest BCUT2D eigenvalue weighted by atomic mass is 16.5. The third-order valence-electron chi connectivity index (χ3n) is 9.15. The van der Waals surface area contributed by atoms with Gasteiger partial charge in [-0.1, -0.05) is 201 Å². The van der Waals surface area contributed by atoms with Crippen LogP contribution in [0, 0.1) is 11.8 Å². The minimum absolute atomic E-state index is 0.112. The Hall–Kier alpha value is -0.530. The van der Waals surface area contributed by atoms with Crippen LogP contribution in [0.5, 0.6) is 0 Å². The lowest BCUT2D eigenvalue weighted by Crippen LogP contribution is -2.21. The molecule has 0 amide bonds. The predicted octanol–water partition coefficient (Wildman–Crippen LogP) is 13.5. The fraction of sp³-hybridized carbons (Fsp3) is 0.974. The standard InChI is InChI=1S/C38H76O2/c1-5-9-12-14-16-18-20-21-22-23-25-27-29-31-34-37(38(39)40-35-36(8-4)32-11-7-3)33-30-28-26-24-19-17-15-13-10-6-2/h36-37H,5-35H2,1-4H3. The maximum absolute atomic E-state index is 13.1. The molecule has 0 bridgehead atoms. The highest BCUT2D eigenvalue weighted by molar-refractivity contribution is 5.72. The molecule has 0 radical (unpaired) electrons. The highest BCUT2D eigenvalue weighted by Gasteiger charge is 2.20. The molecule has 0 rings (SSSR count). The van der Waals surface area contributed by atoms with E-state index in [4.69, 9.17) is 4.74 Å². The fourth-order valence-electron chi connectivity index (χ4n) is 6.06. The van der Waals surface area contributed by atoms with Crippen LogP contribution in [-0.4, -0.2) is 12.6 Å². The quantitative estimate of drug-likeness (QED) is 0.0585. The van der Waals surface area contributed by atoms with E-state index in [1.165, 1.54) is 173 Å². The zero-order valence-corrected chi connectivity index (χ0v) is 28.4. The van der Waals surface area contributed by atoms with Crippen molar-refractivity contribution >= 4 is 5.97 Å². The second-order valence-corrected chi connectivity index (χ2v) is 13.1. The molecule has 0 fully saturated rings. The van der Waals surface area contributed by atoms with Crippen LogP contribution in [0.1, 0.15) is 220 Å². The van der Waals surface area contributed by atoms with Crippen LogP contribution in [0.2, 0.25) is 0 Å². The number of carbonyl (C=O) groups is 1. The number of unbranched alkanes of at least 4 members (excludes halogenated alkanes) is 23. The van der Waals surface area contributed by atoms with Crippen molar-refractivity contribution < 1.29 is 9.53 Å². The van der Waals surface area contributed by atoms with Crippen LogP contribution in [-0.2, 0) is 9.53 Å². The van der Waals surface area contributed by atoms with Gasteiger partial charge in [-0.2, -0.15) is 0 Å². The molecule has 2 atom stereocenters. The summed E-state index contributed by atoms with van der Waals surface area (Å²) in [6.45, 7) is 9.71. The van der Waals surface area contributed by atoms with Crippen LogP contribution < -0.4 is 0 Å². The van der Waals surface area contributed by atoms with Crippen molar-refractivity contribution in [2.24, 2.45) is 11.8 Å². The minimum Gasteiger partial charge on any atom is -0.465 e. The van der Waals surface area contributed by atoms with Crippen molar-refractivity contribution in [2.45, 2.75) is 220 Å². The van der Waals surface area contributed by atoms with Gasteiger partial charge in [0.15, 0.2) is 0 Å². The predicted molar refractivity (Wildman–Crippen MR) is 179 cm³/mol. The first-order valence-electron chi connectivity index (χ1n) is 18.9. The molecule has 0 aromatic carbocycles. The number of hydrogen-bond acceptors (Lipinski definition) is 2. The van der Waals surface area contributed by atoms with Crippen molar-refractivity contribution in [3.63, 3.8) is 0 Å². The van der Waals surface area contributed by atoms with Gasteiger partial charge in [0.05, 0.1) is 12.5 Å². The second kappa shape index (κ2) is 33.0. The van der Waals surface area contributed by atoms with Gasteiger partial charge in [0.25, 0.3) is 0 Å². The van der Waals surface area contributed by atoms with E-state index in [2.05, 4.69) is 27.7 Å². The van der Waals surface area contributed by atoms with E-state index in [0.29, 0.717) is 12.5 Å². The lowest BCUT2D eigenvalue weighted by molar-refractivity contribution is -0.150. The van der Waals surface area contributed by atoms with Crippen molar-refractivity contribution in [3.8, 4) is 0 Å². The molecule has 0 aliphatic heterocycles. The Morgan fingerprint density at radius 1 is 0.425 bits per heavy atom. The first-order chi connectivity index (χ1) is 19.7. The zero-order chi connectivity index (χ0) is 29.4. The Labute approximate surface area is 254 Å². The van der Waals surface area contributed by atoms with E-state index < -0.39 is 0 Å². The molecular formula is C38H76O2. The molecule has 2 heteroatoms. The SMILES string of the molecule is CCCCCCCCCCCCCCCCC(CCCCCCCCCCCC)C(=O)OCC(CC)CCCC. The van der Waals surface area contributed by atoms with Crippen molar-refractivity contribution in [3.05, 3.63) is 0 Å². The number of esters is 1. The molecule has 0 aromatic heterocycles. The third kappa shape index (κ3) is 27.6.